The minimum absolute atomic E-state index is 0.0121. The fourth-order valence-electron chi connectivity index (χ4n) is 1.59. The van der Waals surface area contributed by atoms with E-state index < -0.39 is 0 Å². The van der Waals surface area contributed by atoms with Gasteiger partial charge in [0, 0.05) is 30.7 Å². The fourth-order valence-corrected chi connectivity index (χ4v) is 3.33. The summed E-state index contributed by atoms with van der Waals surface area (Å²) in [6.07, 6.45) is 0.479. The lowest BCUT2D eigenvalue weighted by molar-refractivity contribution is -0.115. The van der Waals surface area contributed by atoms with E-state index in [-0.39, 0.29) is 5.91 Å². The Kier molecular flexibility index (Phi) is 5.63. The van der Waals surface area contributed by atoms with Crippen LogP contribution in [-0.2, 0) is 9.53 Å². The normalized spacial score (nSPS) is 10.8. The van der Waals surface area contributed by atoms with Gasteiger partial charge in [-0.15, -0.1) is 0 Å². The molecule has 7 heteroatoms. The number of nitrogens with zero attached hydrogens (tertiary/aromatic N) is 1. The van der Waals surface area contributed by atoms with E-state index in [1.807, 2.05) is 12.1 Å². The van der Waals surface area contributed by atoms with Crippen LogP contribution in [0.2, 0.25) is 0 Å². The Balaban J connectivity index is 1.83. The number of hydrogen-bond acceptors (Lipinski definition) is 6. The molecule has 0 saturated heterocycles. The van der Waals surface area contributed by atoms with E-state index in [9.17, 15) is 4.79 Å². The number of thiazole rings is 1. The van der Waals surface area contributed by atoms with Gasteiger partial charge in [-0.25, -0.2) is 4.98 Å². The Labute approximate surface area is 125 Å². The molecule has 0 aliphatic rings. The Morgan fingerprint density at radius 2 is 2.35 bits per heavy atom. The van der Waals surface area contributed by atoms with Crippen molar-refractivity contribution in [2.45, 2.75) is 6.42 Å². The van der Waals surface area contributed by atoms with Crippen molar-refractivity contribution >= 4 is 50.0 Å². The van der Waals surface area contributed by atoms with Gasteiger partial charge in [-0.05, 0) is 18.2 Å². The monoisotopic (exact) mass is 311 g/mol. The summed E-state index contributed by atoms with van der Waals surface area (Å²) in [5, 5.41) is 3.45. The highest BCUT2D eigenvalue weighted by Gasteiger charge is 2.07. The number of nitrogen functional groups attached to an aromatic ring is 1. The zero-order valence-corrected chi connectivity index (χ0v) is 12.9. The number of carbonyl (C=O) groups excluding carboxylic acids is 1. The van der Waals surface area contributed by atoms with Crippen molar-refractivity contribution in [3.05, 3.63) is 18.2 Å². The third-order valence-corrected chi connectivity index (χ3v) is 4.45. The molecule has 1 amide bonds. The van der Waals surface area contributed by atoms with Crippen LogP contribution in [0.3, 0.4) is 0 Å². The van der Waals surface area contributed by atoms with Gasteiger partial charge in [0.25, 0.3) is 0 Å². The number of aromatic nitrogens is 1. The summed E-state index contributed by atoms with van der Waals surface area (Å²) in [7, 11) is 1.67. The van der Waals surface area contributed by atoms with Crippen LogP contribution in [0.5, 0.6) is 0 Å². The van der Waals surface area contributed by atoms with Crippen molar-refractivity contribution in [1.82, 2.24) is 4.98 Å². The zero-order valence-electron chi connectivity index (χ0n) is 11.2. The van der Waals surface area contributed by atoms with E-state index in [1.54, 1.807) is 24.9 Å². The number of benzene rings is 1. The van der Waals surface area contributed by atoms with Gasteiger partial charge < -0.3 is 15.8 Å². The first-order valence-electron chi connectivity index (χ1n) is 6.21. The summed E-state index contributed by atoms with van der Waals surface area (Å²) in [4.78, 5) is 16.1. The lowest BCUT2D eigenvalue weighted by Crippen LogP contribution is -2.12. The van der Waals surface area contributed by atoms with Crippen LogP contribution in [0.25, 0.3) is 10.2 Å². The number of methoxy groups -OCH3 is 1. The fraction of sp³-hybridized carbons (Fsp3) is 0.385. The first kappa shape index (κ1) is 15.1. The molecule has 0 bridgehead atoms. The van der Waals surface area contributed by atoms with E-state index in [0.717, 1.165) is 21.7 Å². The van der Waals surface area contributed by atoms with Crippen LogP contribution >= 0.6 is 23.1 Å². The Morgan fingerprint density at radius 1 is 1.50 bits per heavy atom. The molecule has 0 saturated carbocycles. The molecular weight excluding hydrogens is 294 g/mol. The highest BCUT2D eigenvalue weighted by Crippen LogP contribution is 2.27. The van der Waals surface area contributed by atoms with Crippen LogP contribution in [0.15, 0.2) is 18.2 Å². The number of amides is 1. The summed E-state index contributed by atoms with van der Waals surface area (Å²) in [5.41, 5.74) is 7.28. The first-order valence-corrected chi connectivity index (χ1v) is 8.19. The summed E-state index contributed by atoms with van der Waals surface area (Å²) < 4.78 is 5.93. The van der Waals surface area contributed by atoms with Crippen molar-refractivity contribution in [2.75, 3.05) is 36.3 Å². The number of hydrogen-bond donors (Lipinski definition) is 2. The molecule has 5 nitrogen and oxygen atoms in total. The van der Waals surface area contributed by atoms with Crippen molar-refractivity contribution < 1.29 is 9.53 Å². The average molecular weight is 311 g/mol. The van der Waals surface area contributed by atoms with Crippen molar-refractivity contribution in [3.8, 4) is 0 Å². The van der Waals surface area contributed by atoms with E-state index >= 15 is 0 Å². The lowest BCUT2D eigenvalue weighted by Gasteiger charge is -2.01. The van der Waals surface area contributed by atoms with E-state index in [1.165, 1.54) is 11.3 Å². The molecule has 108 valence electrons. The maximum absolute atomic E-state index is 11.8. The molecule has 0 radical (unpaired) electrons. The van der Waals surface area contributed by atoms with Gasteiger partial charge in [0.05, 0.1) is 16.8 Å². The van der Waals surface area contributed by atoms with Gasteiger partial charge in [0.15, 0.2) is 5.13 Å². The molecule has 2 rings (SSSR count). The van der Waals surface area contributed by atoms with Gasteiger partial charge in [0.1, 0.15) is 0 Å². The Bertz CT molecular complexity index is 586. The number of carbonyl (C=O) groups is 1. The molecule has 0 spiro atoms. The molecule has 0 fully saturated rings. The molecule has 2 aromatic rings. The van der Waals surface area contributed by atoms with Crippen LogP contribution in [-0.4, -0.2) is 36.1 Å². The van der Waals surface area contributed by atoms with Crippen LogP contribution in [0, 0.1) is 0 Å². The van der Waals surface area contributed by atoms with Crippen LogP contribution in [0.1, 0.15) is 6.42 Å². The van der Waals surface area contributed by atoms with E-state index in [4.69, 9.17) is 10.5 Å². The summed E-state index contributed by atoms with van der Waals surface area (Å²) >= 11 is 3.14. The average Bonchev–Trinajstić information content (AvgIpc) is 2.79. The molecule has 3 N–H and O–H groups in total. The SMILES string of the molecule is COCCSCCC(=O)Nc1nc2ccc(N)cc2s1. The minimum atomic E-state index is -0.0121. The molecular formula is C13H17N3O2S2. The molecule has 0 aliphatic carbocycles. The predicted molar refractivity (Wildman–Crippen MR) is 86.5 cm³/mol. The van der Waals surface area contributed by atoms with Crippen LogP contribution < -0.4 is 11.1 Å². The van der Waals surface area contributed by atoms with Crippen molar-refractivity contribution in [2.24, 2.45) is 0 Å². The van der Waals surface area contributed by atoms with Crippen LogP contribution in [0.4, 0.5) is 10.8 Å². The lowest BCUT2D eigenvalue weighted by atomic mass is 10.3. The van der Waals surface area contributed by atoms with Crippen molar-refractivity contribution in [3.63, 3.8) is 0 Å². The number of thioether (sulfide) groups is 1. The summed E-state index contributed by atoms with van der Waals surface area (Å²) in [6.45, 7) is 0.714. The molecule has 1 heterocycles. The topological polar surface area (TPSA) is 77.2 Å². The van der Waals surface area contributed by atoms with E-state index in [0.29, 0.717) is 23.8 Å². The predicted octanol–water partition coefficient (Wildman–Crippen LogP) is 2.59. The standard InChI is InChI=1S/C13H17N3O2S2/c1-18-5-7-19-6-4-12(17)16-13-15-10-3-2-9(14)8-11(10)20-13/h2-3,8H,4-7,14H2,1H3,(H,15,16,17). The second-order valence-electron chi connectivity index (χ2n) is 4.15. The van der Waals surface area contributed by atoms with Crippen molar-refractivity contribution in [1.29, 1.82) is 0 Å². The summed E-state index contributed by atoms with van der Waals surface area (Å²) in [6, 6.07) is 5.53. The van der Waals surface area contributed by atoms with Gasteiger partial charge >= 0.3 is 0 Å². The second kappa shape index (κ2) is 7.47. The largest absolute Gasteiger partial charge is 0.399 e. The zero-order chi connectivity index (χ0) is 14.4. The van der Waals surface area contributed by atoms with Gasteiger partial charge in [0.2, 0.25) is 5.91 Å². The number of rotatable bonds is 7. The maximum atomic E-state index is 11.8. The first-order chi connectivity index (χ1) is 9.69. The van der Waals surface area contributed by atoms with E-state index in [2.05, 4.69) is 10.3 Å². The molecule has 1 aromatic carbocycles. The van der Waals surface area contributed by atoms with Gasteiger partial charge in [-0.2, -0.15) is 11.8 Å². The molecule has 0 aliphatic heterocycles. The van der Waals surface area contributed by atoms with Gasteiger partial charge in [-0.3, -0.25) is 4.79 Å². The minimum Gasteiger partial charge on any atom is -0.399 e. The number of nitrogens with one attached hydrogen (secondary N) is 1. The maximum Gasteiger partial charge on any atom is 0.226 e. The quantitative estimate of drug-likeness (QED) is 0.607. The highest BCUT2D eigenvalue weighted by molar-refractivity contribution is 7.99. The summed E-state index contributed by atoms with van der Waals surface area (Å²) in [5.74, 6) is 1.68. The number of ether oxygens (including phenoxy) is 1. The molecule has 20 heavy (non-hydrogen) atoms. The number of anilines is 2. The smallest absolute Gasteiger partial charge is 0.226 e. The molecule has 0 atom stereocenters. The molecule has 0 unspecified atom stereocenters. The Hall–Kier alpha value is -1.31. The second-order valence-corrected chi connectivity index (χ2v) is 6.40. The molecule has 1 aromatic heterocycles. The Morgan fingerprint density at radius 3 is 3.15 bits per heavy atom. The third-order valence-electron chi connectivity index (χ3n) is 2.56. The third kappa shape index (κ3) is 4.36. The number of fused-ring (bicyclic) bond motifs is 1. The van der Waals surface area contributed by atoms with Gasteiger partial charge in [-0.1, -0.05) is 11.3 Å². The number of nitrogens with two attached hydrogens (primary N) is 1. The highest BCUT2D eigenvalue weighted by atomic mass is 32.2.